The van der Waals surface area contributed by atoms with E-state index in [1.165, 1.54) is 17.5 Å². The highest BCUT2D eigenvalue weighted by Crippen LogP contribution is 2.37. The third-order valence-corrected chi connectivity index (χ3v) is 8.44. The molecule has 1 N–H and O–H groups in total. The van der Waals surface area contributed by atoms with Gasteiger partial charge in [0.2, 0.25) is 0 Å². The highest BCUT2D eigenvalue weighted by molar-refractivity contribution is 5.69. The minimum atomic E-state index is -0.879. The smallest absolute Gasteiger partial charge is 0.164 e. The van der Waals surface area contributed by atoms with Crippen molar-refractivity contribution in [1.29, 1.82) is 0 Å². The molecule has 3 aliphatic rings. The Morgan fingerprint density at radius 2 is 1.76 bits per heavy atom. The number of nitrogens with zero attached hydrogens (tertiary/aromatic N) is 6. The van der Waals surface area contributed by atoms with Crippen LogP contribution in [0.4, 0.5) is 31.8 Å². The number of likely N-dealkylation sites (N-methyl/N-ethyl adjacent to an activating group) is 1. The molecule has 6 rings (SSSR count). The van der Waals surface area contributed by atoms with Gasteiger partial charge in [-0.05, 0) is 38.1 Å². The molecule has 0 spiro atoms. The van der Waals surface area contributed by atoms with E-state index in [-0.39, 0.29) is 5.56 Å². The number of hydrogen-bond acceptors (Lipinski definition) is 9. The summed E-state index contributed by atoms with van der Waals surface area (Å²) in [4.78, 5) is 21.9. The molecule has 0 aliphatic carbocycles. The number of benzene rings is 2. The number of halogens is 2. The van der Waals surface area contributed by atoms with Crippen molar-refractivity contribution in [1.82, 2.24) is 19.8 Å². The number of methoxy groups -OCH3 is 1. The van der Waals surface area contributed by atoms with Gasteiger partial charge in [0.1, 0.15) is 17.9 Å². The normalized spacial score (nSPS) is 20.9. The Morgan fingerprint density at radius 1 is 0.951 bits per heavy atom. The average molecular weight is 566 g/mol. The summed E-state index contributed by atoms with van der Waals surface area (Å²) in [6.07, 6.45) is 4.23. The van der Waals surface area contributed by atoms with E-state index in [4.69, 9.17) is 9.57 Å². The Balaban J connectivity index is 1.13. The van der Waals surface area contributed by atoms with Gasteiger partial charge in [-0.2, -0.15) is 0 Å². The fourth-order valence-corrected chi connectivity index (χ4v) is 6.11. The van der Waals surface area contributed by atoms with Crippen LogP contribution in [0.1, 0.15) is 30.9 Å². The molecule has 1 atom stereocenters. The van der Waals surface area contributed by atoms with Gasteiger partial charge in [0.15, 0.2) is 17.5 Å². The van der Waals surface area contributed by atoms with Gasteiger partial charge in [-0.25, -0.2) is 23.8 Å². The van der Waals surface area contributed by atoms with Crippen LogP contribution in [-0.2, 0) is 4.84 Å². The van der Waals surface area contributed by atoms with Crippen LogP contribution in [0.2, 0.25) is 0 Å². The van der Waals surface area contributed by atoms with E-state index in [2.05, 4.69) is 43.1 Å². The van der Waals surface area contributed by atoms with Crippen LogP contribution in [0.15, 0.2) is 48.8 Å². The molecule has 4 heterocycles. The molecule has 2 aromatic carbocycles. The molecule has 11 heteroatoms. The van der Waals surface area contributed by atoms with Crippen molar-refractivity contribution in [3.05, 3.63) is 66.0 Å². The Bertz CT molecular complexity index is 1350. The molecule has 3 saturated heterocycles. The van der Waals surface area contributed by atoms with Crippen molar-refractivity contribution >= 4 is 23.0 Å². The summed E-state index contributed by atoms with van der Waals surface area (Å²) in [6, 6.07) is 12.2. The second-order valence-corrected chi connectivity index (χ2v) is 10.9. The number of aromatic nitrogens is 2. The number of nitrogens with one attached hydrogen (secondary N) is 1. The van der Waals surface area contributed by atoms with Gasteiger partial charge >= 0.3 is 0 Å². The Hall–Kier alpha value is -3.54. The van der Waals surface area contributed by atoms with Crippen LogP contribution in [0, 0.1) is 11.6 Å². The lowest BCUT2D eigenvalue weighted by Crippen LogP contribution is -2.52. The summed E-state index contributed by atoms with van der Waals surface area (Å²) >= 11 is 0. The zero-order valence-corrected chi connectivity index (χ0v) is 23.6. The molecule has 0 bridgehead atoms. The topological polar surface area (TPSA) is 69.2 Å². The first-order valence-corrected chi connectivity index (χ1v) is 14.3. The average Bonchev–Trinajstić information content (AvgIpc) is 3.49. The molecule has 218 valence electrons. The number of anilines is 4. The van der Waals surface area contributed by atoms with Crippen molar-refractivity contribution < 1.29 is 18.4 Å². The molecule has 0 unspecified atom stereocenters. The van der Waals surface area contributed by atoms with E-state index in [9.17, 15) is 8.78 Å². The van der Waals surface area contributed by atoms with Crippen molar-refractivity contribution in [2.75, 3.05) is 75.3 Å². The molecule has 9 nitrogen and oxygen atoms in total. The maximum Gasteiger partial charge on any atom is 0.164 e. The van der Waals surface area contributed by atoms with Gasteiger partial charge in [0.05, 0.1) is 25.4 Å². The van der Waals surface area contributed by atoms with Gasteiger partial charge in [-0.1, -0.05) is 12.1 Å². The molecule has 0 radical (unpaired) electrons. The first-order chi connectivity index (χ1) is 20.0. The largest absolute Gasteiger partial charge is 0.495 e. The second-order valence-electron chi connectivity index (χ2n) is 10.9. The molecular formula is C30H37F2N7O2. The van der Waals surface area contributed by atoms with E-state index in [1.54, 1.807) is 19.2 Å². The molecule has 1 aromatic heterocycles. The first-order valence-electron chi connectivity index (χ1n) is 14.3. The first kappa shape index (κ1) is 27.6. The van der Waals surface area contributed by atoms with Crippen molar-refractivity contribution in [3.63, 3.8) is 0 Å². The monoisotopic (exact) mass is 565 g/mol. The molecular weight excluding hydrogens is 528 g/mol. The lowest BCUT2D eigenvalue weighted by atomic mass is 10.0. The summed E-state index contributed by atoms with van der Waals surface area (Å²) < 4.78 is 34.2. The van der Waals surface area contributed by atoms with E-state index >= 15 is 0 Å². The number of hydroxylamine groups is 1. The zero-order chi connectivity index (χ0) is 28.3. The van der Waals surface area contributed by atoms with E-state index in [0.29, 0.717) is 30.7 Å². The Morgan fingerprint density at radius 3 is 2.54 bits per heavy atom. The van der Waals surface area contributed by atoms with E-state index < -0.39 is 17.7 Å². The van der Waals surface area contributed by atoms with Crippen molar-refractivity contribution in [3.8, 4) is 5.75 Å². The predicted octanol–water partition coefficient (Wildman–Crippen LogP) is 4.61. The van der Waals surface area contributed by atoms with Gasteiger partial charge in [-0.3, -0.25) is 9.74 Å². The number of piperidine rings is 1. The number of ether oxygens (including phenoxy) is 1. The van der Waals surface area contributed by atoms with Gasteiger partial charge in [0.25, 0.3) is 0 Å². The summed E-state index contributed by atoms with van der Waals surface area (Å²) in [7, 11) is 3.89. The lowest BCUT2D eigenvalue weighted by molar-refractivity contribution is 0.0981. The van der Waals surface area contributed by atoms with Crippen LogP contribution in [0.5, 0.6) is 5.75 Å². The Labute approximate surface area is 239 Å². The molecule has 41 heavy (non-hydrogen) atoms. The number of hydrogen-bond donors (Lipinski definition) is 1. The second kappa shape index (κ2) is 12.1. The van der Waals surface area contributed by atoms with Crippen molar-refractivity contribution in [2.45, 2.75) is 31.3 Å². The number of rotatable bonds is 7. The van der Waals surface area contributed by atoms with Gasteiger partial charge < -0.3 is 19.9 Å². The summed E-state index contributed by atoms with van der Waals surface area (Å²) in [5, 5.41) is 4.85. The zero-order valence-electron chi connectivity index (χ0n) is 23.6. The van der Waals surface area contributed by atoms with Crippen LogP contribution < -0.4 is 20.0 Å². The van der Waals surface area contributed by atoms with Crippen LogP contribution >= 0.6 is 0 Å². The number of piperazine rings is 1. The highest BCUT2D eigenvalue weighted by Gasteiger charge is 2.32. The fourth-order valence-electron chi connectivity index (χ4n) is 6.11. The van der Waals surface area contributed by atoms with Crippen LogP contribution in [-0.4, -0.2) is 85.8 Å². The Kier molecular flexibility index (Phi) is 8.18. The quantitative estimate of drug-likeness (QED) is 0.443. The van der Waals surface area contributed by atoms with Gasteiger partial charge in [-0.15, -0.1) is 0 Å². The lowest BCUT2D eigenvalue weighted by Gasteiger charge is -2.42. The third-order valence-electron chi connectivity index (χ3n) is 8.44. The maximum absolute atomic E-state index is 14.5. The fraction of sp³-hybridized carbons (Fsp3) is 0.467. The molecule has 3 fully saturated rings. The summed E-state index contributed by atoms with van der Waals surface area (Å²) in [6.45, 7) is 6.97. The predicted molar refractivity (Wildman–Crippen MR) is 155 cm³/mol. The van der Waals surface area contributed by atoms with E-state index in [0.717, 1.165) is 75.3 Å². The molecule has 0 amide bonds. The minimum Gasteiger partial charge on any atom is -0.495 e. The SMILES string of the molecule is COc1cc(Nc2cc(N3OCC[C@@H]3c3cccc(F)c3F)ncn2)ccc1N1CCC(N2CCN(C)CC2)CC1. The minimum absolute atomic E-state index is 0.239. The van der Waals surface area contributed by atoms with Crippen molar-refractivity contribution in [2.24, 2.45) is 0 Å². The maximum atomic E-state index is 14.5. The third kappa shape index (κ3) is 5.93. The van der Waals surface area contributed by atoms with E-state index in [1.807, 2.05) is 12.1 Å². The highest BCUT2D eigenvalue weighted by atomic mass is 19.2. The summed E-state index contributed by atoms with van der Waals surface area (Å²) in [5.74, 6) is 0.0615. The van der Waals surface area contributed by atoms with Crippen LogP contribution in [0.25, 0.3) is 0 Å². The van der Waals surface area contributed by atoms with Gasteiger partial charge in [0, 0.05) is 75.1 Å². The molecule has 3 aliphatic heterocycles. The van der Waals surface area contributed by atoms with Crippen LogP contribution in [0.3, 0.4) is 0 Å². The standard InChI is InChI=1S/C30H37F2N7O2/c1-36-13-15-37(16-14-36)22-8-11-38(12-9-22)26-7-6-21(18-27(26)40-2)35-28-19-29(34-20-33-28)39-25(10-17-41-39)23-4-3-5-24(31)30(23)32/h3-7,18-20,22,25H,8-17H2,1-2H3,(H,33,34,35)/t25-/m1/s1. The molecule has 0 saturated carbocycles. The molecule has 3 aromatic rings. The summed E-state index contributed by atoms with van der Waals surface area (Å²) in [5.41, 5.74) is 2.14.